The Morgan fingerprint density at radius 2 is 1.65 bits per heavy atom. The molecule has 1 heteroatoms. The number of ether oxygens (including phenoxy) is 1. The highest BCUT2D eigenvalue weighted by Crippen LogP contribution is 2.22. The van der Waals surface area contributed by atoms with Gasteiger partial charge in [-0.3, -0.25) is 0 Å². The molecule has 0 saturated heterocycles. The first-order valence-corrected chi connectivity index (χ1v) is 5.97. The molecule has 0 heterocycles. The first-order chi connectivity index (χ1) is 8.31. The molecule has 0 fully saturated rings. The highest BCUT2D eigenvalue weighted by Gasteiger charge is 2.03. The Morgan fingerprint density at radius 1 is 0.882 bits per heavy atom. The Bertz CT molecular complexity index is 474. The third-order valence-corrected chi connectivity index (χ3v) is 3.14. The molecule has 0 aliphatic heterocycles. The maximum atomic E-state index is 5.34. The average molecular weight is 226 g/mol. The van der Waals surface area contributed by atoms with E-state index in [1.165, 1.54) is 16.7 Å². The van der Waals surface area contributed by atoms with Crippen LogP contribution in [0.3, 0.4) is 0 Å². The maximum Gasteiger partial charge on any atom is 0.122 e. The second-order valence-electron chi connectivity index (χ2n) is 4.23. The molecule has 17 heavy (non-hydrogen) atoms. The molecule has 0 aliphatic rings. The van der Waals surface area contributed by atoms with E-state index in [2.05, 4.69) is 49.4 Å². The summed E-state index contributed by atoms with van der Waals surface area (Å²) in [7, 11) is 1.73. The minimum absolute atomic E-state index is 0.982. The third-order valence-electron chi connectivity index (χ3n) is 3.14. The Labute approximate surface area is 103 Å². The summed E-state index contributed by atoms with van der Waals surface area (Å²) in [6, 6.07) is 16.8. The van der Waals surface area contributed by atoms with Crippen LogP contribution in [-0.4, -0.2) is 7.11 Å². The molecule has 0 radical (unpaired) electrons. The fraction of sp³-hybridized carbons (Fsp3) is 0.250. The molecule has 0 saturated carbocycles. The number of rotatable bonds is 4. The molecule has 0 atom stereocenters. The zero-order chi connectivity index (χ0) is 12.1. The van der Waals surface area contributed by atoms with Crippen LogP contribution >= 0.6 is 0 Å². The van der Waals surface area contributed by atoms with Gasteiger partial charge in [-0.2, -0.15) is 0 Å². The average Bonchev–Trinajstić information content (AvgIpc) is 2.39. The normalized spacial score (nSPS) is 10.2. The molecule has 0 unspecified atom stereocenters. The van der Waals surface area contributed by atoms with E-state index in [4.69, 9.17) is 4.74 Å². The molecule has 0 amide bonds. The smallest absolute Gasteiger partial charge is 0.122 e. The highest BCUT2D eigenvalue weighted by molar-refractivity contribution is 5.39. The van der Waals surface area contributed by atoms with Crippen molar-refractivity contribution in [1.82, 2.24) is 0 Å². The monoisotopic (exact) mass is 226 g/mol. The van der Waals surface area contributed by atoms with Crippen molar-refractivity contribution in [2.24, 2.45) is 0 Å². The van der Waals surface area contributed by atoms with Crippen LogP contribution in [0.4, 0.5) is 0 Å². The molecule has 2 rings (SSSR count). The second kappa shape index (κ2) is 5.53. The van der Waals surface area contributed by atoms with E-state index < -0.39 is 0 Å². The van der Waals surface area contributed by atoms with Crippen LogP contribution in [0.15, 0.2) is 48.5 Å². The predicted octanol–water partition coefficient (Wildman–Crippen LogP) is 3.79. The molecule has 1 nitrogen and oxygen atoms in total. The Morgan fingerprint density at radius 3 is 2.35 bits per heavy atom. The fourth-order valence-corrected chi connectivity index (χ4v) is 2.08. The standard InChI is InChI=1S/C16H18O/c1-13-15(9-6-10-16(13)17-2)12-11-14-7-4-3-5-8-14/h3-10H,11-12H2,1-2H3. The van der Waals surface area contributed by atoms with Crippen LogP contribution in [0.5, 0.6) is 5.75 Å². The molecule has 2 aromatic rings. The van der Waals surface area contributed by atoms with Crippen molar-refractivity contribution in [2.75, 3.05) is 7.11 Å². The molecular formula is C16H18O. The van der Waals surface area contributed by atoms with Gasteiger partial charge in [0, 0.05) is 0 Å². The number of hydrogen-bond acceptors (Lipinski definition) is 1. The van der Waals surface area contributed by atoms with Gasteiger partial charge in [-0.25, -0.2) is 0 Å². The van der Waals surface area contributed by atoms with E-state index in [0.29, 0.717) is 0 Å². The SMILES string of the molecule is COc1cccc(CCc2ccccc2)c1C. The second-order valence-corrected chi connectivity index (χ2v) is 4.23. The fourth-order valence-electron chi connectivity index (χ4n) is 2.08. The van der Waals surface area contributed by atoms with E-state index in [9.17, 15) is 0 Å². The molecule has 0 spiro atoms. The van der Waals surface area contributed by atoms with Gasteiger partial charge in [0.05, 0.1) is 7.11 Å². The van der Waals surface area contributed by atoms with Gasteiger partial charge in [-0.15, -0.1) is 0 Å². The Balaban J connectivity index is 2.09. The summed E-state index contributed by atoms with van der Waals surface area (Å²) in [5, 5.41) is 0. The quantitative estimate of drug-likeness (QED) is 0.770. The van der Waals surface area contributed by atoms with Gasteiger partial charge in [0.1, 0.15) is 5.75 Å². The molecule has 2 aromatic carbocycles. The predicted molar refractivity (Wildman–Crippen MR) is 71.6 cm³/mol. The molecule has 0 bridgehead atoms. The van der Waals surface area contributed by atoms with Gasteiger partial charge in [0.2, 0.25) is 0 Å². The lowest BCUT2D eigenvalue weighted by molar-refractivity contribution is 0.411. The van der Waals surface area contributed by atoms with Gasteiger partial charge in [0.15, 0.2) is 0 Å². The van der Waals surface area contributed by atoms with Crippen molar-refractivity contribution in [2.45, 2.75) is 19.8 Å². The van der Waals surface area contributed by atoms with Crippen molar-refractivity contribution in [3.8, 4) is 5.75 Å². The number of hydrogen-bond donors (Lipinski definition) is 0. The first kappa shape index (κ1) is 11.7. The lowest BCUT2D eigenvalue weighted by Gasteiger charge is -2.10. The molecular weight excluding hydrogens is 208 g/mol. The summed E-state index contributed by atoms with van der Waals surface area (Å²) >= 11 is 0. The summed E-state index contributed by atoms with van der Waals surface area (Å²) in [5.41, 5.74) is 4.01. The zero-order valence-corrected chi connectivity index (χ0v) is 10.4. The Kier molecular flexibility index (Phi) is 3.81. The maximum absolute atomic E-state index is 5.34. The van der Waals surface area contributed by atoms with E-state index in [1.54, 1.807) is 7.11 Å². The molecule has 0 aliphatic carbocycles. The first-order valence-electron chi connectivity index (χ1n) is 5.97. The highest BCUT2D eigenvalue weighted by atomic mass is 16.5. The number of methoxy groups -OCH3 is 1. The third kappa shape index (κ3) is 2.88. The summed E-state index contributed by atoms with van der Waals surface area (Å²) in [5.74, 6) is 0.982. The molecule has 88 valence electrons. The largest absolute Gasteiger partial charge is 0.496 e. The van der Waals surface area contributed by atoms with E-state index in [-0.39, 0.29) is 0 Å². The summed E-state index contributed by atoms with van der Waals surface area (Å²) < 4.78 is 5.34. The van der Waals surface area contributed by atoms with Gasteiger partial charge in [-0.1, -0.05) is 42.5 Å². The lowest BCUT2D eigenvalue weighted by Crippen LogP contribution is -1.96. The molecule has 0 aromatic heterocycles. The van der Waals surface area contributed by atoms with Gasteiger partial charge in [-0.05, 0) is 42.5 Å². The van der Waals surface area contributed by atoms with E-state index >= 15 is 0 Å². The van der Waals surface area contributed by atoms with Crippen LogP contribution in [-0.2, 0) is 12.8 Å². The topological polar surface area (TPSA) is 9.23 Å². The minimum atomic E-state index is 0.982. The number of aryl methyl sites for hydroxylation is 2. The lowest BCUT2D eigenvalue weighted by atomic mass is 10.00. The molecule has 0 N–H and O–H groups in total. The summed E-state index contributed by atoms with van der Waals surface area (Å²) in [6.07, 6.45) is 2.14. The minimum Gasteiger partial charge on any atom is -0.496 e. The number of benzene rings is 2. The van der Waals surface area contributed by atoms with Crippen molar-refractivity contribution < 1.29 is 4.74 Å². The van der Waals surface area contributed by atoms with Gasteiger partial charge < -0.3 is 4.74 Å². The van der Waals surface area contributed by atoms with Crippen LogP contribution in [0.25, 0.3) is 0 Å². The summed E-state index contributed by atoms with van der Waals surface area (Å²) in [4.78, 5) is 0. The van der Waals surface area contributed by atoms with Crippen LogP contribution < -0.4 is 4.74 Å². The summed E-state index contributed by atoms with van der Waals surface area (Å²) in [6.45, 7) is 2.12. The Hall–Kier alpha value is -1.76. The van der Waals surface area contributed by atoms with Crippen molar-refractivity contribution in [1.29, 1.82) is 0 Å². The van der Waals surface area contributed by atoms with Crippen LogP contribution in [0.1, 0.15) is 16.7 Å². The van der Waals surface area contributed by atoms with E-state index in [1.807, 2.05) is 6.07 Å². The van der Waals surface area contributed by atoms with Crippen LogP contribution in [0.2, 0.25) is 0 Å². The van der Waals surface area contributed by atoms with Crippen molar-refractivity contribution in [3.05, 3.63) is 65.2 Å². The van der Waals surface area contributed by atoms with Crippen molar-refractivity contribution in [3.63, 3.8) is 0 Å². The van der Waals surface area contributed by atoms with Crippen LogP contribution in [0, 0.1) is 6.92 Å². The van der Waals surface area contributed by atoms with E-state index in [0.717, 1.165) is 18.6 Å². The zero-order valence-electron chi connectivity index (χ0n) is 10.4. The van der Waals surface area contributed by atoms with Gasteiger partial charge in [0.25, 0.3) is 0 Å². The van der Waals surface area contributed by atoms with Crippen molar-refractivity contribution >= 4 is 0 Å². The van der Waals surface area contributed by atoms with Gasteiger partial charge >= 0.3 is 0 Å².